The molecular weight excluding hydrogens is 763 g/mol. The lowest BCUT2D eigenvalue weighted by Crippen LogP contribution is -2.35. The van der Waals surface area contributed by atoms with E-state index < -0.39 is 0 Å². The van der Waals surface area contributed by atoms with E-state index in [9.17, 15) is 5.26 Å². The average molecular weight is 800 g/mol. The standard InChI is InChI=1S/C60H37N3/c1-62-44-25-27-45(28-26-44)63-55-30-24-41(49-16-7-12-43-32-39-10-3-5-14-47(39)57(43)49)34-54(55)51-18-8-17-50-53-33-40(48-15-6-11-42-31-38-9-2-4-13-46(38)56(42)48)23-29-52(53)58(60(63)59(50)51)37-21-19-36(35-61)20-22-37/h2-30,33-34,58,60H,31-32H2. The van der Waals surface area contributed by atoms with Gasteiger partial charge in [0.05, 0.1) is 24.2 Å². The van der Waals surface area contributed by atoms with Gasteiger partial charge < -0.3 is 4.90 Å². The molecule has 13 rings (SSSR count). The molecule has 3 aliphatic carbocycles. The fourth-order valence-corrected chi connectivity index (χ4v) is 11.4. The zero-order chi connectivity index (χ0) is 41.8. The van der Waals surface area contributed by atoms with Gasteiger partial charge in [0, 0.05) is 22.9 Å². The molecule has 292 valence electrons. The molecule has 0 bridgehead atoms. The van der Waals surface area contributed by atoms with Gasteiger partial charge in [-0.2, -0.15) is 5.26 Å². The van der Waals surface area contributed by atoms with Gasteiger partial charge >= 0.3 is 0 Å². The number of hydrogen-bond donors (Lipinski definition) is 0. The molecule has 3 heteroatoms. The molecule has 9 aromatic carbocycles. The van der Waals surface area contributed by atoms with Crippen LogP contribution in [-0.2, 0) is 12.8 Å². The average Bonchev–Trinajstić information content (AvgIpc) is 3.93. The zero-order valence-corrected chi connectivity index (χ0v) is 34.3. The first-order chi connectivity index (χ1) is 31.1. The highest BCUT2D eigenvalue weighted by molar-refractivity contribution is 6.00. The van der Waals surface area contributed by atoms with Crippen molar-refractivity contribution in [2.45, 2.75) is 24.8 Å². The highest BCUT2D eigenvalue weighted by Gasteiger charge is 2.44. The van der Waals surface area contributed by atoms with Gasteiger partial charge in [0.1, 0.15) is 0 Å². The molecule has 9 aromatic rings. The first kappa shape index (κ1) is 35.5. The Kier molecular flexibility index (Phi) is 7.69. The number of anilines is 2. The lowest BCUT2D eigenvalue weighted by atomic mass is 9.67. The van der Waals surface area contributed by atoms with Crippen molar-refractivity contribution < 1.29 is 0 Å². The van der Waals surface area contributed by atoms with Gasteiger partial charge in [0.2, 0.25) is 0 Å². The van der Waals surface area contributed by atoms with E-state index in [4.69, 9.17) is 6.57 Å². The van der Waals surface area contributed by atoms with Crippen LogP contribution in [-0.4, -0.2) is 0 Å². The van der Waals surface area contributed by atoms with Gasteiger partial charge in [-0.05, 0) is 155 Å². The van der Waals surface area contributed by atoms with Crippen molar-refractivity contribution in [1.29, 1.82) is 5.26 Å². The molecule has 0 aromatic heterocycles. The molecule has 0 fully saturated rings. The minimum Gasteiger partial charge on any atom is -0.332 e. The van der Waals surface area contributed by atoms with Crippen LogP contribution in [0.4, 0.5) is 17.1 Å². The van der Waals surface area contributed by atoms with E-state index in [2.05, 4.69) is 180 Å². The summed E-state index contributed by atoms with van der Waals surface area (Å²) in [5, 5.41) is 9.91. The van der Waals surface area contributed by atoms with Gasteiger partial charge in [-0.1, -0.05) is 146 Å². The largest absolute Gasteiger partial charge is 0.332 e. The number of benzene rings is 9. The number of hydrogen-bond acceptors (Lipinski definition) is 2. The zero-order valence-electron chi connectivity index (χ0n) is 34.3. The Bertz CT molecular complexity index is 3260. The molecule has 2 unspecified atom stereocenters. The summed E-state index contributed by atoms with van der Waals surface area (Å²) in [6.07, 6.45) is 1.90. The van der Waals surface area contributed by atoms with Crippen molar-refractivity contribution in [3.05, 3.63) is 244 Å². The lowest BCUT2D eigenvalue weighted by molar-refractivity contribution is 0.601. The first-order valence-corrected chi connectivity index (χ1v) is 21.7. The number of nitriles is 1. The van der Waals surface area contributed by atoms with Crippen LogP contribution < -0.4 is 4.90 Å². The first-order valence-electron chi connectivity index (χ1n) is 21.7. The molecular formula is C60H37N3. The third-order valence-electron chi connectivity index (χ3n) is 14.1. The van der Waals surface area contributed by atoms with Crippen molar-refractivity contribution in [3.8, 4) is 72.8 Å². The molecule has 0 spiro atoms. The highest BCUT2D eigenvalue weighted by atomic mass is 15.2. The molecule has 1 heterocycles. The number of rotatable bonds is 4. The van der Waals surface area contributed by atoms with E-state index in [-0.39, 0.29) is 12.0 Å². The van der Waals surface area contributed by atoms with Gasteiger partial charge in [0.25, 0.3) is 0 Å². The summed E-state index contributed by atoms with van der Waals surface area (Å²) in [4.78, 5) is 6.30. The molecule has 0 amide bonds. The Morgan fingerprint density at radius 2 is 1.03 bits per heavy atom. The quantitative estimate of drug-likeness (QED) is 0.166. The second-order valence-corrected chi connectivity index (χ2v) is 17.3. The second kappa shape index (κ2) is 13.6. The van der Waals surface area contributed by atoms with Crippen LogP contribution in [0.25, 0.3) is 71.6 Å². The van der Waals surface area contributed by atoms with Crippen LogP contribution >= 0.6 is 0 Å². The summed E-state index contributed by atoms with van der Waals surface area (Å²) >= 11 is 0. The SMILES string of the molecule is [C-]#[N+]c1ccc(N2c3ccc(-c4cccc5c4-c4ccccc4C5)cc3-c3cccc4c3C2C(c2ccc(C#N)cc2)c2ccc(-c3cccc5c3-c3ccccc3C5)cc2-4)cc1. The van der Waals surface area contributed by atoms with Crippen molar-refractivity contribution >= 4 is 17.1 Å². The summed E-state index contributed by atoms with van der Waals surface area (Å²) in [7, 11) is 0. The van der Waals surface area contributed by atoms with E-state index in [1.54, 1.807) is 0 Å². The van der Waals surface area contributed by atoms with Gasteiger partial charge in [-0.3, -0.25) is 0 Å². The highest BCUT2D eigenvalue weighted by Crippen LogP contribution is 2.61. The van der Waals surface area contributed by atoms with Gasteiger partial charge in [-0.25, -0.2) is 4.85 Å². The summed E-state index contributed by atoms with van der Waals surface area (Å²) in [6.45, 7) is 7.79. The molecule has 0 N–H and O–H groups in total. The Labute approximate surface area is 367 Å². The number of nitrogens with zero attached hydrogens (tertiary/aromatic N) is 3. The van der Waals surface area contributed by atoms with Gasteiger partial charge in [0.15, 0.2) is 5.69 Å². The molecule has 3 nitrogen and oxygen atoms in total. The lowest BCUT2D eigenvalue weighted by Gasteiger charge is -2.48. The van der Waals surface area contributed by atoms with E-state index in [0.717, 1.165) is 29.8 Å². The van der Waals surface area contributed by atoms with E-state index in [0.29, 0.717) is 11.3 Å². The Morgan fingerprint density at radius 3 is 1.67 bits per heavy atom. The normalized spacial score (nSPS) is 15.4. The van der Waals surface area contributed by atoms with Gasteiger partial charge in [-0.15, -0.1) is 0 Å². The third kappa shape index (κ3) is 5.24. The van der Waals surface area contributed by atoms with Crippen molar-refractivity contribution in [3.63, 3.8) is 0 Å². The van der Waals surface area contributed by atoms with Crippen LogP contribution in [0.5, 0.6) is 0 Å². The van der Waals surface area contributed by atoms with Crippen LogP contribution in [0.1, 0.15) is 56.5 Å². The molecule has 0 saturated carbocycles. The molecule has 2 atom stereocenters. The van der Waals surface area contributed by atoms with Crippen molar-refractivity contribution in [2.24, 2.45) is 0 Å². The summed E-state index contributed by atoms with van der Waals surface area (Å²) in [5.41, 5.74) is 27.8. The van der Waals surface area contributed by atoms with E-state index in [1.807, 2.05) is 24.3 Å². The molecule has 4 aliphatic rings. The van der Waals surface area contributed by atoms with Crippen molar-refractivity contribution in [2.75, 3.05) is 4.90 Å². The monoisotopic (exact) mass is 799 g/mol. The molecule has 63 heavy (non-hydrogen) atoms. The summed E-state index contributed by atoms with van der Waals surface area (Å²) in [5.74, 6) is -0.0834. The van der Waals surface area contributed by atoms with E-state index in [1.165, 1.54) is 100 Å². The Hall–Kier alpha value is -8.24. The fraction of sp³-hybridized carbons (Fsp3) is 0.0667. The minimum absolute atomic E-state index is 0.0834. The maximum atomic E-state index is 9.91. The number of fused-ring (bicyclic) bond motifs is 10. The Balaban J connectivity index is 1.07. The maximum Gasteiger partial charge on any atom is 0.187 e. The topological polar surface area (TPSA) is 31.4 Å². The minimum atomic E-state index is -0.125. The third-order valence-corrected chi connectivity index (χ3v) is 14.1. The predicted molar refractivity (Wildman–Crippen MR) is 255 cm³/mol. The maximum absolute atomic E-state index is 9.91. The van der Waals surface area contributed by atoms with E-state index >= 15 is 0 Å². The fourth-order valence-electron chi connectivity index (χ4n) is 11.4. The van der Waals surface area contributed by atoms with Crippen LogP contribution in [0.3, 0.4) is 0 Å². The summed E-state index contributed by atoms with van der Waals surface area (Å²) < 4.78 is 0. The van der Waals surface area contributed by atoms with Crippen LogP contribution in [0.2, 0.25) is 0 Å². The van der Waals surface area contributed by atoms with Crippen LogP contribution in [0, 0.1) is 17.9 Å². The smallest absolute Gasteiger partial charge is 0.187 e. The predicted octanol–water partition coefficient (Wildman–Crippen LogP) is 15.3. The summed E-state index contributed by atoms with van der Waals surface area (Å²) in [6, 6.07) is 70.9. The molecule has 0 radical (unpaired) electrons. The second-order valence-electron chi connectivity index (χ2n) is 17.3. The van der Waals surface area contributed by atoms with Crippen LogP contribution in [0.15, 0.2) is 188 Å². The molecule has 0 saturated heterocycles. The van der Waals surface area contributed by atoms with Crippen molar-refractivity contribution in [1.82, 2.24) is 0 Å². The molecule has 1 aliphatic heterocycles. The Morgan fingerprint density at radius 1 is 0.492 bits per heavy atom.